The van der Waals surface area contributed by atoms with Crippen LogP contribution in [0.5, 0.6) is 0 Å². The fraction of sp³-hybridized carbons (Fsp3) is 0.632. The first-order valence-corrected chi connectivity index (χ1v) is 11.2. The highest BCUT2D eigenvalue weighted by atomic mass is 127. The van der Waals surface area contributed by atoms with Gasteiger partial charge < -0.3 is 10.6 Å². The summed E-state index contributed by atoms with van der Waals surface area (Å²) in [5.41, 5.74) is 1.35. The van der Waals surface area contributed by atoms with Crippen LogP contribution in [0.3, 0.4) is 0 Å². The van der Waals surface area contributed by atoms with Gasteiger partial charge >= 0.3 is 0 Å². The van der Waals surface area contributed by atoms with Gasteiger partial charge in [0.2, 0.25) is 0 Å². The van der Waals surface area contributed by atoms with Crippen molar-refractivity contribution in [3.05, 3.63) is 35.9 Å². The molecule has 1 fully saturated rings. The summed E-state index contributed by atoms with van der Waals surface area (Å²) in [5, 5.41) is 6.56. The largest absolute Gasteiger partial charge is 0.355 e. The number of hydrogen-bond donors (Lipinski definition) is 2. The smallest absolute Gasteiger partial charge is 0.191 e. The Morgan fingerprint density at radius 2 is 2.00 bits per heavy atom. The summed E-state index contributed by atoms with van der Waals surface area (Å²) in [5.74, 6) is 0.999. The highest BCUT2D eigenvalue weighted by molar-refractivity contribution is 14.0. The third kappa shape index (κ3) is 8.35. The van der Waals surface area contributed by atoms with Crippen LogP contribution in [-0.2, 0) is 16.4 Å². The van der Waals surface area contributed by atoms with E-state index in [1.54, 1.807) is 14.0 Å². The molecule has 2 rings (SSSR count). The number of nitrogens with zero attached hydrogens (tertiary/aromatic N) is 2. The molecule has 1 aromatic rings. The topological polar surface area (TPSA) is 73.8 Å². The van der Waals surface area contributed by atoms with E-state index in [-0.39, 0.29) is 35.5 Å². The van der Waals surface area contributed by atoms with Gasteiger partial charge in [-0.2, -0.15) is 0 Å². The molecule has 1 saturated heterocycles. The second-order valence-electron chi connectivity index (χ2n) is 6.91. The maximum Gasteiger partial charge on any atom is 0.191 e. The molecule has 1 aromatic carbocycles. The maximum absolute atomic E-state index is 11.6. The average Bonchev–Trinajstić information content (AvgIpc) is 2.64. The molecule has 0 bridgehead atoms. The fourth-order valence-electron chi connectivity index (χ4n) is 3.26. The zero-order chi connectivity index (χ0) is 19.0. The number of benzene rings is 1. The summed E-state index contributed by atoms with van der Waals surface area (Å²) in [6, 6.07) is 11.4. The minimum atomic E-state index is -2.95. The van der Waals surface area contributed by atoms with Crippen molar-refractivity contribution < 1.29 is 8.42 Å². The van der Waals surface area contributed by atoms with Crippen molar-refractivity contribution in [3.63, 3.8) is 0 Å². The molecule has 0 amide bonds. The van der Waals surface area contributed by atoms with Crippen LogP contribution in [0.1, 0.15) is 32.3 Å². The van der Waals surface area contributed by atoms with Crippen LogP contribution in [0.25, 0.3) is 0 Å². The number of sulfone groups is 1. The summed E-state index contributed by atoms with van der Waals surface area (Å²) < 4.78 is 23.2. The first kappa shape index (κ1) is 24.2. The monoisotopic (exact) mass is 508 g/mol. The van der Waals surface area contributed by atoms with Gasteiger partial charge in [0.15, 0.2) is 15.8 Å². The van der Waals surface area contributed by atoms with Gasteiger partial charge in [-0.3, -0.25) is 9.89 Å². The van der Waals surface area contributed by atoms with Crippen LogP contribution in [0.2, 0.25) is 0 Å². The van der Waals surface area contributed by atoms with Crippen LogP contribution in [0, 0.1) is 0 Å². The zero-order valence-corrected chi connectivity index (χ0v) is 19.7. The fourth-order valence-corrected chi connectivity index (χ4v) is 3.96. The first-order chi connectivity index (χ1) is 12.4. The minimum Gasteiger partial charge on any atom is -0.355 e. The summed E-state index contributed by atoms with van der Waals surface area (Å²) in [7, 11) is -1.23. The van der Waals surface area contributed by atoms with Crippen LogP contribution in [-0.4, -0.2) is 63.0 Å². The Morgan fingerprint density at radius 1 is 1.30 bits per heavy atom. The molecule has 0 radical (unpaired) electrons. The molecule has 1 heterocycles. The van der Waals surface area contributed by atoms with E-state index in [0.29, 0.717) is 24.6 Å². The molecule has 0 saturated carbocycles. The van der Waals surface area contributed by atoms with Crippen molar-refractivity contribution in [2.45, 2.75) is 45.3 Å². The Kier molecular flexibility index (Phi) is 10.6. The Balaban J connectivity index is 0.00000364. The normalized spacial score (nSPS) is 21.4. The number of nitrogens with one attached hydrogen (secondary N) is 2. The minimum absolute atomic E-state index is 0. The summed E-state index contributed by atoms with van der Waals surface area (Å²) in [6.07, 6.45) is 2.09. The number of likely N-dealkylation sites (tertiary alicyclic amines) is 1. The average molecular weight is 508 g/mol. The Labute approximate surface area is 181 Å². The number of rotatable bonds is 7. The summed E-state index contributed by atoms with van der Waals surface area (Å²) in [4.78, 5) is 6.74. The number of aliphatic imine (C=N–C) groups is 1. The van der Waals surface area contributed by atoms with Gasteiger partial charge in [-0.05, 0) is 25.3 Å². The van der Waals surface area contributed by atoms with E-state index >= 15 is 0 Å². The van der Waals surface area contributed by atoms with Gasteiger partial charge in [-0.25, -0.2) is 8.42 Å². The highest BCUT2D eigenvalue weighted by Crippen LogP contribution is 2.19. The van der Waals surface area contributed by atoms with Gasteiger partial charge in [0.05, 0.1) is 5.75 Å². The van der Waals surface area contributed by atoms with E-state index in [9.17, 15) is 8.42 Å². The highest BCUT2D eigenvalue weighted by Gasteiger charge is 2.26. The van der Waals surface area contributed by atoms with Crippen molar-refractivity contribution in [2.75, 3.05) is 31.6 Å². The molecule has 0 aliphatic carbocycles. The first-order valence-electron chi connectivity index (χ1n) is 9.39. The molecule has 1 aliphatic rings. The van der Waals surface area contributed by atoms with Crippen LogP contribution >= 0.6 is 24.0 Å². The second kappa shape index (κ2) is 11.9. The van der Waals surface area contributed by atoms with Crippen molar-refractivity contribution in [1.29, 1.82) is 0 Å². The quantitative estimate of drug-likeness (QED) is 0.336. The van der Waals surface area contributed by atoms with Crippen molar-refractivity contribution >= 4 is 39.8 Å². The Hall–Kier alpha value is -0.870. The van der Waals surface area contributed by atoms with Gasteiger partial charge in [0, 0.05) is 44.5 Å². The van der Waals surface area contributed by atoms with E-state index < -0.39 is 9.84 Å². The van der Waals surface area contributed by atoms with Crippen molar-refractivity contribution in [1.82, 2.24) is 15.5 Å². The Bertz CT molecular complexity index is 682. The second-order valence-corrected chi connectivity index (χ2v) is 9.38. The summed E-state index contributed by atoms with van der Waals surface area (Å²) >= 11 is 0. The Morgan fingerprint density at radius 3 is 2.59 bits per heavy atom. The molecule has 2 N–H and O–H groups in total. The van der Waals surface area contributed by atoms with E-state index in [4.69, 9.17) is 0 Å². The van der Waals surface area contributed by atoms with E-state index in [1.165, 1.54) is 5.56 Å². The number of piperidine rings is 1. The van der Waals surface area contributed by atoms with E-state index in [0.717, 1.165) is 25.9 Å². The third-order valence-electron chi connectivity index (χ3n) is 4.95. The third-order valence-corrected chi connectivity index (χ3v) is 6.66. The molecule has 0 spiro atoms. The molecule has 8 heteroatoms. The summed E-state index contributed by atoms with van der Waals surface area (Å²) in [6.45, 7) is 6.34. The predicted molar refractivity (Wildman–Crippen MR) is 124 cm³/mol. The van der Waals surface area contributed by atoms with Gasteiger partial charge in [0.1, 0.15) is 0 Å². The number of guanidine groups is 1. The molecule has 1 aliphatic heterocycles. The van der Waals surface area contributed by atoms with Gasteiger partial charge in [-0.1, -0.05) is 37.3 Å². The predicted octanol–water partition coefficient (Wildman–Crippen LogP) is 2.26. The molecular formula is C19H33IN4O2S. The number of halogens is 1. The maximum atomic E-state index is 11.6. The van der Waals surface area contributed by atoms with Crippen LogP contribution < -0.4 is 10.6 Å². The van der Waals surface area contributed by atoms with Gasteiger partial charge in [-0.15, -0.1) is 24.0 Å². The molecule has 2 atom stereocenters. The molecule has 154 valence electrons. The van der Waals surface area contributed by atoms with E-state index in [2.05, 4.69) is 51.7 Å². The lowest BCUT2D eigenvalue weighted by atomic mass is 9.97. The van der Waals surface area contributed by atoms with E-state index in [1.807, 2.05) is 6.07 Å². The SMILES string of the molecule is CCS(=O)(=O)CCNC(=NC)NC1CCN(Cc2ccccc2)C(C)C1.I. The van der Waals surface area contributed by atoms with Gasteiger partial charge in [0.25, 0.3) is 0 Å². The standard InChI is InChI=1S/C19H32N4O2S.HI/c1-4-26(24,25)13-11-21-19(20-3)22-18-10-12-23(16(2)14-18)15-17-8-6-5-7-9-17;/h5-9,16,18H,4,10-15H2,1-3H3,(H2,20,21,22);1H. The van der Waals surface area contributed by atoms with Crippen LogP contribution in [0.15, 0.2) is 35.3 Å². The molecule has 0 aromatic heterocycles. The lowest BCUT2D eigenvalue weighted by Crippen LogP contribution is -2.51. The molecule has 6 nitrogen and oxygen atoms in total. The number of hydrogen-bond acceptors (Lipinski definition) is 4. The van der Waals surface area contributed by atoms with Crippen LogP contribution in [0.4, 0.5) is 0 Å². The lowest BCUT2D eigenvalue weighted by molar-refractivity contribution is 0.134. The molecular weight excluding hydrogens is 475 g/mol. The zero-order valence-electron chi connectivity index (χ0n) is 16.5. The molecule has 27 heavy (non-hydrogen) atoms. The van der Waals surface area contributed by atoms with Crippen molar-refractivity contribution in [3.8, 4) is 0 Å². The van der Waals surface area contributed by atoms with Crippen molar-refractivity contribution in [2.24, 2.45) is 4.99 Å². The molecule has 2 unspecified atom stereocenters. The lowest BCUT2D eigenvalue weighted by Gasteiger charge is -2.38.